The smallest absolute Gasteiger partial charge is 0.256 e. The molecule has 0 spiro atoms. The molecular formula is C17H13ClN2O. The second-order valence-electron chi connectivity index (χ2n) is 4.75. The maximum Gasteiger partial charge on any atom is 0.256 e. The van der Waals surface area contributed by atoms with Crippen molar-refractivity contribution in [3.8, 4) is 0 Å². The van der Waals surface area contributed by atoms with E-state index in [1.54, 1.807) is 30.3 Å². The molecular weight excluding hydrogens is 284 g/mol. The zero-order valence-electron chi connectivity index (χ0n) is 11.1. The van der Waals surface area contributed by atoms with Crippen LogP contribution >= 0.6 is 11.6 Å². The van der Waals surface area contributed by atoms with Crippen molar-refractivity contribution in [2.24, 2.45) is 0 Å². The molecule has 0 aliphatic carbocycles. The number of rotatable bonds is 2. The lowest BCUT2D eigenvalue weighted by molar-refractivity contribution is 0.102. The number of halogens is 1. The summed E-state index contributed by atoms with van der Waals surface area (Å²) in [6.07, 6.45) is 0. The van der Waals surface area contributed by atoms with Gasteiger partial charge in [0, 0.05) is 22.0 Å². The number of fused-ring (bicyclic) bond motifs is 1. The zero-order chi connectivity index (χ0) is 14.8. The molecule has 3 rings (SSSR count). The minimum Gasteiger partial charge on any atom is -0.399 e. The molecule has 0 atom stereocenters. The molecule has 3 aromatic rings. The Labute approximate surface area is 127 Å². The van der Waals surface area contributed by atoms with E-state index in [2.05, 4.69) is 5.32 Å². The number of benzene rings is 3. The van der Waals surface area contributed by atoms with Crippen molar-refractivity contribution in [2.75, 3.05) is 11.1 Å². The first-order chi connectivity index (χ1) is 10.1. The molecule has 0 aromatic heterocycles. The van der Waals surface area contributed by atoms with Crippen LogP contribution < -0.4 is 11.1 Å². The molecule has 0 heterocycles. The van der Waals surface area contributed by atoms with Crippen molar-refractivity contribution < 1.29 is 4.79 Å². The minimum absolute atomic E-state index is 0.194. The molecule has 3 N–H and O–H groups in total. The fraction of sp³-hybridized carbons (Fsp3) is 0. The number of anilines is 2. The average Bonchev–Trinajstić information content (AvgIpc) is 2.48. The molecule has 3 nitrogen and oxygen atoms in total. The number of carbonyl (C=O) groups is 1. The van der Waals surface area contributed by atoms with Crippen LogP contribution in [-0.2, 0) is 0 Å². The Hall–Kier alpha value is -2.52. The fourth-order valence-electron chi connectivity index (χ4n) is 2.25. The van der Waals surface area contributed by atoms with E-state index >= 15 is 0 Å². The Bertz CT molecular complexity index is 813. The molecule has 0 saturated carbocycles. The van der Waals surface area contributed by atoms with Crippen molar-refractivity contribution in [2.45, 2.75) is 0 Å². The Balaban J connectivity index is 1.99. The van der Waals surface area contributed by atoms with Crippen LogP contribution in [0, 0.1) is 0 Å². The maximum absolute atomic E-state index is 12.5. The van der Waals surface area contributed by atoms with E-state index in [4.69, 9.17) is 17.3 Å². The lowest BCUT2D eigenvalue weighted by Crippen LogP contribution is -2.12. The van der Waals surface area contributed by atoms with Gasteiger partial charge in [0.2, 0.25) is 0 Å². The predicted molar refractivity (Wildman–Crippen MR) is 87.8 cm³/mol. The second-order valence-corrected chi connectivity index (χ2v) is 5.19. The van der Waals surface area contributed by atoms with Crippen molar-refractivity contribution >= 4 is 39.7 Å². The van der Waals surface area contributed by atoms with Gasteiger partial charge in [-0.3, -0.25) is 4.79 Å². The Morgan fingerprint density at radius 2 is 1.71 bits per heavy atom. The first kappa shape index (κ1) is 13.5. The van der Waals surface area contributed by atoms with Crippen LogP contribution in [0.1, 0.15) is 10.4 Å². The molecule has 0 bridgehead atoms. The Kier molecular flexibility index (Phi) is 3.50. The van der Waals surface area contributed by atoms with Gasteiger partial charge in [0.25, 0.3) is 5.91 Å². The van der Waals surface area contributed by atoms with Crippen LogP contribution in [0.3, 0.4) is 0 Å². The lowest BCUT2D eigenvalue weighted by Gasteiger charge is -2.09. The summed E-state index contributed by atoms with van der Waals surface area (Å²) in [4.78, 5) is 12.5. The zero-order valence-corrected chi connectivity index (χ0v) is 11.9. The lowest BCUT2D eigenvalue weighted by atomic mass is 10.0. The standard InChI is InChI=1S/C17H13ClN2O/c18-12-5-7-14(8-6-12)20-17(21)16-10-13(19)9-11-3-1-2-4-15(11)16/h1-10H,19H2,(H,20,21). The molecule has 104 valence electrons. The van der Waals surface area contributed by atoms with Gasteiger partial charge in [-0.15, -0.1) is 0 Å². The van der Waals surface area contributed by atoms with Crippen LogP contribution in [0.5, 0.6) is 0 Å². The third kappa shape index (κ3) is 2.83. The normalized spacial score (nSPS) is 10.5. The molecule has 3 aromatic carbocycles. The van der Waals surface area contributed by atoms with E-state index in [1.807, 2.05) is 30.3 Å². The molecule has 0 aliphatic rings. The Morgan fingerprint density at radius 3 is 2.48 bits per heavy atom. The van der Waals surface area contributed by atoms with Crippen LogP contribution in [0.15, 0.2) is 60.7 Å². The minimum atomic E-state index is -0.194. The van der Waals surface area contributed by atoms with Gasteiger partial charge in [-0.2, -0.15) is 0 Å². The highest BCUT2D eigenvalue weighted by molar-refractivity contribution is 6.30. The molecule has 0 aliphatic heterocycles. The summed E-state index contributed by atoms with van der Waals surface area (Å²) in [7, 11) is 0. The van der Waals surface area contributed by atoms with Gasteiger partial charge in [0.1, 0.15) is 0 Å². The third-order valence-corrected chi connectivity index (χ3v) is 3.48. The number of hydrogen-bond donors (Lipinski definition) is 2. The number of hydrogen-bond acceptors (Lipinski definition) is 2. The summed E-state index contributed by atoms with van der Waals surface area (Å²) in [5.74, 6) is -0.194. The van der Waals surface area contributed by atoms with Gasteiger partial charge in [-0.05, 0) is 47.2 Å². The third-order valence-electron chi connectivity index (χ3n) is 3.23. The maximum atomic E-state index is 12.5. The van der Waals surface area contributed by atoms with E-state index in [-0.39, 0.29) is 5.91 Å². The van der Waals surface area contributed by atoms with Gasteiger partial charge in [0.05, 0.1) is 0 Å². The number of amides is 1. The van der Waals surface area contributed by atoms with E-state index in [0.29, 0.717) is 22.0 Å². The van der Waals surface area contributed by atoms with Gasteiger partial charge in [-0.25, -0.2) is 0 Å². The predicted octanol–water partition coefficient (Wildman–Crippen LogP) is 4.33. The van der Waals surface area contributed by atoms with E-state index in [1.165, 1.54) is 0 Å². The molecule has 1 amide bonds. The van der Waals surface area contributed by atoms with Gasteiger partial charge < -0.3 is 11.1 Å². The monoisotopic (exact) mass is 296 g/mol. The van der Waals surface area contributed by atoms with E-state index in [0.717, 1.165) is 10.8 Å². The van der Waals surface area contributed by atoms with Crippen molar-refractivity contribution in [1.29, 1.82) is 0 Å². The number of carbonyl (C=O) groups excluding carboxylic acids is 1. The summed E-state index contributed by atoms with van der Waals surface area (Å²) in [5, 5.41) is 5.30. The summed E-state index contributed by atoms with van der Waals surface area (Å²) in [5.41, 5.74) is 7.69. The van der Waals surface area contributed by atoms with E-state index < -0.39 is 0 Å². The number of nitrogens with one attached hydrogen (secondary N) is 1. The SMILES string of the molecule is Nc1cc(C(=O)Nc2ccc(Cl)cc2)c2ccccc2c1. The first-order valence-corrected chi connectivity index (χ1v) is 6.86. The summed E-state index contributed by atoms with van der Waals surface area (Å²) in [6, 6.07) is 18.2. The first-order valence-electron chi connectivity index (χ1n) is 6.49. The Morgan fingerprint density at radius 1 is 1.00 bits per heavy atom. The summed E-state index contributed by atoms with van der Waals surface area (Å²) < 4.78 is 0. The van der Waals surface area contributed by atoms with Crippen LogP contribution in [-0.4, -0.2) is 5.91 Å². The highest BCUT2D eigenvalue weighted by atomic mass is 35.5. The van der Waals surface area contributed by atoms with Gasteiger partial charge >= 0.3 is 0 Å². The molecule has 21 heavy (non-hydrogen) atoms. The quantitative estimate of drug-likeness (QED) is 0.692. The molecule has 0 unspecified atom stereocenters. The fourth-order valence-corrected chi connectivity index (χ4v) is 2.38. The van der Waals surface area contributed by atoms with Crippen LogP contribution in [0.2, 0.25) is 5.02 Å². The number of nitrogens with two attached hydrogens (primary N) is 1. The molecule has 4 heteroatoms. The van der Waals surface area contributed by atoms with Crippen LogP contribution in [0.25, 0.3) is 10.8 Å². The van der Waals surface area contributed by atoms with Crippen LogP contribution in [0.4, 0.5) is 11.4 Å². The molecule has 0 fully saturated rings. The van der Waals surface area contributed by atoms with Gasteiger partial charge in [-0.1, -0.05) is 35.9 Å². The largest absolute Gasteiger partial charge is 0.399 e. The summed E-state index contributed by atoms with van der Waals surface area (Å²) in [6.45, 7) is 0. The average molecular weight is 297 g/mol. The topological polar surface area (TPSA) is 55.1 Å². The van der Waals surface area contributed by atoms with Crippen molar-refractivity contribution in [1.82, 2.24) is 0 Å². The van der Waals surface area contributed by atoms with Crippen molar-refractivity contribution in [3.63, 3.8) is 0 Å². The summed E-state index contributed by atoms with van der Waals surface area (Å²) >= 11 is 5.83. The van der Waals surface area contributed by atoms with E-state index in [9.17, 15) is 4.79 Å². The van der Waals surface area contributed by atoms with Gasteiger partial charge in [0.15, 0.2) is 0 Å². The highest BCUT2D eigenvalue weighted by Gasteiger charge is 2.11. The molecule has 0 radical (unpaired) electrons. The highest BCUT2D eigenvalue weighted by Crippen LogP contribution is 2.23. The molecule has 0 saturated heterocycles. The number of nitrogen functional groups attached to an aromatic ring is 1. The second kappa shape index (κ2) is 5.46. The van der Waals surface area contributed by atoms with Crippen molar-refractivity contribution in [3.05, 3.63) is 71.2 Å².